The lowest BCUT2D eigenvalue weighted by atomic mass is 9.78. The van der Waals surface area contributed by atoms with Gasteiger partial charge in [0.25, 0.3) is 5.91 Å². The summed E-state index contributed by atoms with van der Waals surface area (Å²) in [5, 5.41) is 2.60. The Morgan fingerprint density at radius 1 is 1.28 bits per heavy atom. The van der Waals surface area contributed by atoms with Gasteiger partial charge in [0, 0.05) is 12.1 Å². The van der Waals surface area contributed by atoms with Crippen LogP contribution in [0.25, 0.3) is 10.2 Å². The number of benzene rings is 1. The number of carbonyl (C=O) groups is 3. The number of halogens is 1. The molecule has 170 valence electrons. The van der Waals surface area contributed by atoms with E-state index in [1.165, 1.54) is 11.3 Å². The van der Waals surface area contributed by atoms with Crippen LogP contribution < -0.4 is 5.32 Å². The Balaban J connectivity index is 1.40. The standard InChI is InChI=1S/C23H26ClN3O4S/c1-12-2-4-13(5-3-12)19(23(30)27-9-15(24)21-20(27)17(28)10-31-21)26-22(29)14-6-7-16-18(8-14)32-11-25-16/h6-8,11-13,15,19-21H,2-5,9-10H2,1H3,(H,26,29)/t12-,13-,15-,19?,20+,21+/m0/s1. The highest BCUT2D eigenvalue weighted by Gasteiger charge is 2.53. The number of ketones is 1. The van der Waals surface area contributed by atoms with E-state index < -0.39 is 23.6 Å². The van der Waals surface area contributed by atoms with Crippen LogP contribution in [0.15, 0.2) is 23.7 Å². The SMILES string of the molecule is C[C@H]1CC[C@H](C(NC(=O)c2ccc3ncsc3c2)C(=O)N2C[C@H](Cl)[C@H]3OCC(=O)[C@H]32)CC1. The number of Topliss-reactive ketones (excluding diaryl/α,β-unsaturated/α-hetero) is 1. The van der Waals surface area contributed by atoms with Crippen LogP contribution in [0.4, 0.5) is 0 Å². The average Bonchev–Trinajstić information content (AvgIpc) is 3.49. The second kappa shape index (κ2) is 8.72. The molecule has 1 N–H and O–H groups in total. The number of hydrogen-bond acceptors (Lipinski definition) is 6. The lowest BCUT2D eigenvalue weighted by Crippen LogP contribution is -2.55. The molecule has 2 aromatic rings. The summed E-state index contributed by atoms with van der Waals surface area (Å²) in [5.41, 5.74) is 3.09. The van der Waals surface area contributed by atoms with Gasteiger partial charge in [-0.15, -0.1) is 22.9 Å². The molecule has 3 fully saturated rings. The molecular formula is C23H26ClN3O4S. The molecule has 3 heterocycles. The number of rotatable bonds is 4. The van der Waals surface area contributed by atoms with Crippen molar-refractivity contribution in [2.45, 2.75) is 56.2 Å². The van der Waals surface area contributed by atoms with Crippen molar-refractivity contribution in [2.24, 2.45) is 11.8 Å². The normalized spacial score (nSPS) is 31.0. The minimum Gasteiger partial charge on any atom is -0.366 e. The number of nitrogens with one attached hydrogen (secondary N) is 1. The molecule has 32 heavy (non-hydrogen) atoms. The van der Waals surface area contributed by atoms with Gasteiger partial charge in [-0.05, 0) is 42.9 Å². The zero-order valence-electron chi connectivity index (χ0n) is 17.8. The van der Waals surface area contributed by atoms with Crippen LogP contribution in [0.1, 0.15) is 43.0 Å². The van der Waals surface area contributed by atoms with Crippen molar-refractivity contribution in [3.63, 3.8) is 0 Å². The molecule has 0 radical (unpaired) electrons. The molecule has 1 saturated carbocycles. The zero-order chi connectivity index (χ0) is 22.4. The van der Waals surface area contributed by atoms with Crippen LogP contribution in [0, 0.1) is 11.8 Å². The number of ether oxygens (including phenoxy) is 1. The summed E-state index contributed by atoms with van der Waals surface area (Å²) in [4.78, 5) is 45.2. The number of likely N-dealkylation sites (tertiary alicyclic amines) is 1. The van der Waals surface area contributed by atoms with Crippen molar-refractivity contribution in [2.75, 3.05) is 13.2 Å². The molecule has 5 rings (SSSR count). The Kier molecular flexibility index (Phi) is 5.94. The van der Waals surface area contributed by atoms with Gasteiger partial charge >= 0.3 is 0 Å². The van der Waals surface area contributed by atoms with Gasteiger partial charge in [-0.2, -0.15) is 0 Å². The molecule has 2 aliphatic heterocycles. The summed E-state index contributed by atoms with van der Waals surface area (Å²) in [6.07, 6.45) is 3.29. The van der Waals surface area contributed by atoms with Gasteiger partial charge < -0.3 is 15.0 Å². The van der Waals surface area contributed by atoms with Crippen molar-refractivity contribution in [3.8, 4) is 0 Å². The van der Waals surface area contributed by atoms with Gasteiger partial charge in [-0.25, -0.2) is 4.98 Å². The third-order valence-corrected chi connectivity index (χ3v) is 8.26. The van der Waals surface area contributed by atoms with Gasteiger partial charge in [0.15, 0.2) is 5.78 Å². The van der Waals surface area contributed by atoms with Crippen molar-refractivity contribution in [3.05, 3.63) is 29.3 Å². The van der Waals surface area contributed by atoms with E-state index >= 15 is 0 Å². The largest absolute Gasteiger partial charge is 0.366 e. The quantitative estimate of drug-likeness (QED) is 0.687. The Bertz CT molecular complexity index is 1050. The highest BCUT2D eigenvalue weighted by molar-refractivity contribution is 7.16. The first-order valence-corrected chi connectivity index (χ1v) is 12.5. The third kappa shape index (κ3) is 3.93. The van der Waals surface area contributed by atoms with Crippen molar-refractivity contribution >= 4 is 50.8 Å². The van der Waals surface area contributed by atoms with Crippen LogP contribution in [0.2, 0.25) is 0 Å². The number of amides is 2. The second-order valence-electron chi connectivity index (χ2n) is 9.20. The van der Waals surface area contributed by atoms with E-state index in [1.54, 1.807) is 16.5 Å². The number of thiazole rings is 1. The Hall–Kier alpha value is -2.03. The lowest BCUT2D eigenvalue weighted by molar-refractivity contribution is -0.139. The van der Waals surface area contributed by atoms with E-state index in [1.807, 2.05) is 12.1 Å². The van der Waals surface area contributed by atoms with Crippen LogP contribution in [-0.2, 0) is 14.3 Å². The van der Waals surface area contributed by atoms with Crippen LogP contribution >= 0.6 is 22.9 Å². The summed E-state index contributed by atoms with van der Waals surface area (Å²) in [6.45, 7) is 2.45. The Labute approximate surface area is 195 Å². The number of alkyl halides is 1. The van der Waals surface area contributed by atoms with E-state index in [0.29, 0.717) is 11.5 Å². The minimum atomic E-state index is -0.692. The van der Waals surface area contributed by atoms with Gasteiger partial charge in [0.1, 0.15) is 24.8 Å². The third-order valence-electron chi connectivity index (χ3n) is 7.08. The molecular weight excluding hydrogens is 450 g/mol. The predicted octanol–water partition coefficient (Wildman–Crippen LogP) is 3.01. The van der Waals surface area contributed by atoms with Crippen LogP contribution in [0.5, 0.6) is 0 Å². The lowest BCUT2D eigenvalue weighted by Gasteiger charge is -2.35. The summed E-state index contributed by atoms with van der Waals surface area (Å²) in [7, 11) is 0. The van der Waals surface area contributed by atoms with Gasteiger partial charge in [-0.3, -0.25) is 14.4 Å². The van der Waals surface area contributed by atoms with Crippen molar-refractivity contribution in [1.82, 2.24) is 15.2 Å². The number of fused-ring (bicyclic) bond motifs is 2. The number of aromatic nitrogens is 1. The molecule has 4 atom stereocenters. The van der Waals surface area contributed by atoms with Crippen molar-refractivity contribution in [1.29, 1.82) is 0 Å². The molecule has 2 amide bonds. The van der Waals surface area contributed by atoms with Crippen LogP contribution in [-0.4, -0.2) is 64.2 Å². The summed E-state index contributed by atoms with van der Waals surface area (Å²) in [6, 6.07) is 4.01. The molecule has 0 bridgehead atoms. The predicted molar refractivity (Wildman–Crippen MR) is 122 cm³/mol. The summed E-state index contributed by atoms with van der Waals surface area (Å²) < 4.78 is 6.46. The topological polar surface area (TPSA) is 88.6 Å². The maximum absolute atomic E-state index is 13.7. The fraction of sp³-hybridized carbons (Fsp3) is 0.565. The fourth-order valence-corrected chi connectivity index (χ4v) is 6.30. The van der Waals surface area contributed by atoms with E-state index in [9.17, 15) is 14.4 Å². The first-order valence-electron chi connectivity index (χ1n) is 11.2. The van der Waals surface area contributed by atoms with E-state index in [0.717, 1.165) is 35.9 Å². The Morgan fingerprint density at radius 2 is 2.06 bits per heavy atom. The molecule has 1 unspecified atom stereocenters. The molecule has 2 saturated heterocycles. The molecule has 1 aliphatic carbocycles. The van der Waals surface area contributed by atoms with E-state index in [2.05, 4.69) is 17.2 Å². The Morgan fingerprint density at radius 3 is 2.84 bits per heavy atom. The second-order valence-corrected chi connectivity index (χ2v) is 10.6. The minimum absolute atomic E-state index is 0.0187. The monoisotopic (exact) mass is 475 g/mol. The molecule has 0 spiro atoms. The number of carbonyl (C=O) groups excluding carboxylic acids is 3. The van der Waals surface area contributed by atoms with Crippen molar-refractivity contribution < 1.29 is 19.1 Å². The van der Waals surface area contributed by atoms with E-state index in [4.69, 9.17) is 16.3 Å². The smallest absolute Gasteiger partial charge is 0.251 e. The van der Waals surface area contributed by atoms with Gasteiger partial charge in [0.05, 0.1) is 21.1 Å². The molecule has 3 aliphatic rings. The van der Waals surface area contributed by atoms with E-state index in [-0.39, 0.29) is 36.7 Å². The summed E-state index contributed by atoms with van der Waals surface area (Å²) in [5.74, 6) is 0.00220. The molecule has 9 heteroatoms. The molecule has 1 aromatic heterocycles. The summed E-state index contributed by atoms with van der Waals surface area (Å²) >= 11 is 7.88. The van der Waals surface area contributed by atoms with Gasteiger partial charge in [-0.1, -0.05) is 19.8 Å². The molecule has 1 aromatic carbocycles. The first-order chi connectivity index (χ1) is 15.4. The fourth-order valence-electron chi connectivity index (χ4n) is 5.22. The first kappa shape index (κ1) is 21.8. The number of hydrogen-bond donors (Lipinski definition) is 1. The zero-order valence-corrected chi connectivity index (χ0v) is 19.4. The average molecular weight is 476 g/mol. The highest BCUT2D eigenvalue weighted by atomic mass is 35.5. The van der Waals surface area contributed by atoms with Gasteiger partial charge in [0.2, 0.25) is 5.91 Å². The maximum Gasteiger partial charge on any atom is 0.251 e. The maximum atomic E-state index is 13.7. The molecule has 7 nitrogen and oxygen atoms in total. The number of nitrogens with zero attached hydrogens (tertiary/aromatic N) is 2. The van der Waals surface area contributed by atoms with Crippen LogP contribution in [0.3, 0.4) is 0 Å². The highest BCUT2D eigenvalue weighted by Crippen LogP contribution is 2.35.